The van der Waals surface area contributed by atoms with Crippen molar-refractivity contribution in [1.29, 1.82) is 0 Å². The van der Waals surface area contributed by atoms with E-state index in [1.54, 1.807) is 0 Å². The lowest BCUT2D eigenvalue weighted by atomic mass is 10.1. The van der Waals surface area contributed by atoms with Gasteiger partial charge < -0.3 is 5.32 Å². The second kappa shape index (κ2) is 8.96. The molecule has 6 heteroatoms. The number of carbonyl (C=O) groups is 1. The van der Waals surface area contributed by atoms with E-state index in [0.29, 0.717) is 6.54 Å². The van der Waals surface area contributed by atoms with Crippen LogP contribution >= 0.6 is 0 Å². The predicted molar refractivity (Wildman–Crippen MR) is 104 cm³/mol. The first kappa shape index (κ1) is 20.1. The molecule has 0 bridgehead atoms. The van der Waals surface area contributed by atoms with Gasteiger partial charge in [-0.3, -0.25) is 4.79 Å². The SMILES string of the molecule is Cc1ccc(CC(=O)NCCN(Cc2ccc(C)cc2)S(C)(=O)=O)cc1. The van der Waals surface area contributed by atoms with Crippen LogP contribution in [0.3, 0.4) is 0 Å². The van der Waals surface area contributed by atoms with Gasteiger partial charge in [-0.25, -0.2) is 8.42 Å². The smallest absolute Gasteiger partial charge is 0.224 e. The summed E-state index contributed by atoms with van der Waals surface area (Å²) in [6.07, 6.45) is 1.48. The number of aryl methyl sites for hydroxylation is 2. The van der Waals surface area contributed by atoms with Gasteiger partial charge in [0.15, 0.2) is 0 Å². The summed E-state index contributed by atoms with van der Waals surface area (Å²) in [5.41, 5.74) is 4.14. The zero-order valence-corrected chi connectivity index (χ0v) is 16.3. The molecule has 2 rings (SSSR count). The van der Waals surface area contributed by atoms with Crippen molar-refractivity contribution >= 4 is 15.9 Å². The maximum Gasteiger partial charge on any atom is 0.224 e. The predicted octanol–water partition coefficient (Wildman–Crippen LogP) is 2.42. The molecular formula is C20H26N2O3S. The maximum absolute atomic E-state index is 12.0. The molecule has 0 aliphatic heterocycles. The fraction of sp³-hybridized carbons (Fsp3) is 0.350. The summed E-state index contributed by atoms with van der Waals surface area (Å²) in [4.78, 5) is 12.0. The fourth-order valence-corrected chi connectivity index (χ4v) is 3.34. The van der Waals surface area contributed by atoms with E-state index in [-0.39, 0.29) is 25.4 Å². The Hall–Kier alpha value is -2.18. The number of amides is 1. The van der Waals surface area contributed by atoms with Crippen molar-refractivity contribution < 1.29 is 13.2 Å². The minimum atomic E-state index is -3.35. The van der Waals surface area contributed by atoms with E-state index >= 15 is 0 Å². The number of nitrogens with zero attached hydrogens (tertiary/aromatic N) is 1. The molecule has 140 valence electrons. The van der Waals surface area contributed by atoms with E-state index in [1.807, 2.05) is 62.4 Å². The monoisotopic (exact) mass is 374 g/mol. The van der Waals surface area contributed by atoms with Crippen LogP contribution in [0.25, 0.3) is 0 Å². The minimum Gasteiger partial charge on any atom is -0.354 e. The Morgan fingerprint density at radius 3 is 1.92 bits per heavy atom. The Morgan fingerprint density at radius 1 is 0.923 bits per heavy atom. The first-order chi connectivity index (χ1) is 12.2. The third kappa shape index (κ3) is 6.61. The summed E-state index contributed by atoms with van der Waals surface area (Å²) in [6.45, 7) is 4.81. The topological polar surface area (TPSA) is 66.5 Å². The number of benzene rings is 2. The lowest BCUT2D eigenvalue weighted by Gasteiger charge is -2.20. The number of hydrogen-bond acceptors (Lipinski definition) is 3. The molecule has 0 saturated carbocycles. The van der Waals surface area contributed by atoms with Crippen molar-refractivity contribution in [2.24, 2.45) is 0 Å². The Labute approximate surface area is 156 Å². The fourth-order valence-electron chi connectivity index (χ4n) is 2.53. The van der Waals surface area contributed by atoms with Crippen molar-refractivity contribution in [3.63, 3.8) is 0 Å². The summed E-state index contributed by atoms with van der Waals surface area (Å²) in [5.74, 6) is -0.113. The Kier molecular flexibility index (Phi) is 6.94. The molecule has 1 amide bonds. The van der Waals surface area contributed by atoms with E-state index in [4.69, 9.17) is 0 Å². The molecule has 26 heavy (non-hydrogen) atoms. The van der Waals surface area contributed by atoms with Gasteiger partial charge in [0.25, 0.3) is 0 Å². The zero-order valence-electron chi connectivity index (χ0n) is 15.5. The summed E-state index contributed by atoms with van der Waals surface area (Å²) in [6, 6.07) is 15.5. The molecule has 0 aromatic heterocycles. The second-order valence-corrected chi connectivity index (χ2v) is 8.58. The second-order valence-electron chi connectivity index (χ2n) is 6.59. The molecule has 0 heterocycles. The van der Waals surface area contributed by atoms with Crippen LogP contribution in [0.2, 0.25) is 0 Å². The highest BCUT2D eigenvalue weighted by atomic mass is 32.2. The third-order valence-electron chi connectivity index (χ3n) is 4.12. The summed E-state index contributed by atoms with van der Waals surface area (Å²) in [7, 11) is -3.35. The van der Waals surface area contributed by atoms with Gasteiger partial charge in [0.2, 0.25) is 15.9 Å². The third-order valence-corrected chi connectivity index (χ3v) is 5.37. The van der Waals surface area contributed by atoms with Crippen LogP contribution in [0.4, 0.5) is 0 Å². The van der Waals surface area contributed by atoms with E-state index in [1.165, 1.54) is 10.6 Å². The molecule has 0 aliphatic rings. The Bertz CT molecular complexity index is 828. The zero-order chi connectivity index (χ0) is 19.2. The molecule has 0 fully saturated rings. The van der Waals surface area contributed by atoms with Crippen LogP contribution in [0.15, 0.2) is 48.5 Å². The first-order valence-corrected chi connectivity index (χ1v) is 10.4. The number of rotatable bonds is 8. The van der Waals surface area contributed by atoms with Crippen LogP contribution in [0.1, 0.15) is 22.3 Å². The molecule has 2 aromatic carbocycles. The van der Waals surface area contributed by atoms with E-state index in [9.17, 15) is 13.2 Å². The van der Waals surface area contributed by atoms with Gasteiger partial charge in [-0.2, -0.15) is 4.31 Å². The number of nitrogens with one attached hydrogen (secondary N) is 1. The van der Waals surface area contributed by atoms with Crippen molar-refractivity contribution in [1.82, 2.24) is 9.62 Å². The van der Waals surface area contributed by atoms with Gasteiger partial charge in [-0.15, -0.1) is 0 Å². The maximum atomic E-state index is 12.0. The lowest BCUT2D eigenvalue weighted by Crippen LogP contribution is -2.38. The largest absolute Gasteiger partial charge is 0.354 e. The highest BCUT2D eigenvalue weighted by Crippen LogP contribution is 2.09. The average molecular weight is 375 g/mol. The van der Waals surface area contributed by atoms with Crippen molar-refractivity contribution in [3.8, 4) is 0 Å². The van der Waals surface area contributed by atoms with Gasteiger partial charge in [0.1, 0.15) is 0 Å². The van der Waals surface area contributed by atoms with Crippen molar-refractivity contribution in [3.05, 3.63) is 70.8 Å². The van der Waals surface area contributed by atoms with Crippen LogP contribution < -0.4 is 5.32 Å². The Morgan fingerprint density at radius 2 is 1.42 bits per heavy atom. The number of carbonyl (C=O) groups excluding carboxylic acids is 1. The average Bonchev–Trinajstić information content (AvgIpc) is 2.57. The van der Waals surface area contributed by atoms with Crippen molar-refractivity contribution in [2.75, 3.05) is 19.3 Å². The van der Waals surface area contributed by atoms with E-state index < -0.39 is 10.0 Å². The molecule has 2 aromatic rings. The van der Waals surface area contributed by atoms with Crippen LogP contribution in [0.5, 0.6) is 0 Å². The molecular weight excluding hydrogens is 348 g/mol. The molecule has 0 spiro atoms. The van der Waals surface area contributed by atoms with E-state index in [2.05, 4.69) is 5.32 Å². The van der Waals surface area contributed by atoms with Gasteiger partial charge in [-0.1, -0.05) is 59.7 Å². The molecule has 0 radical (unpaired) electrons. The van der Waals surface area contributed by atoms with Crippen molar-refractivity contribution in [2.45, 2.75) is 26.8 Å². The highest BCUT2D eigenvalue weighted by Gasteiger charge is 2.17. The first-order valence-electron chi connectivity index (χ1n) is 8.57. The van der Waals surface area contributed by atoms with Gasteiger partial charge in [0.05, 0.1) is 12.7 Å². The Balaban J connectivity index is 1.87. The minimum absolute atomic E-state index is 0.113. The normalized spacial score (nSPS) is 11.5. The van der Waals surface area contributed by atoms with Crippen LogP contribution in [0, 0.1) is 13.8 Å². The van der Waals surface area contributed by atoms with Gasteiger partial charge in [0, 0.05) is 19.6 Å². The molecule has 0 atom stereocenters. The van der Waals surface area contributed by atoms with E-state index in [0.717, 1.165) is 22.3 Å². The quantitative estimate of drug-likeness (QED) is 0.772. The number of hydrogen-bond donors (Lipinski definition) is 1. The summed E-state index contributed by atoms with van der Waals surface area (Å²) >= 11 is 0. The molecule has 0 saturated heterocycles. The molecule has 0 unspecified atom stereocenters. The van der Waals surface area contributed by atoms with Crippen LogP contribution in [-0.2, 0) is 27.8 Å². The highest BCUT2D eigenvalue weighted by molar-refractivity contribution is 7.88. The molecule has 0 aliphatic carbocycles. The molecule has 5 nitrogen and oxygen atoms in total. The summed E-state index contributed by atoms with van der Waals surface area (Å²) < 4.78 is 25.4. The van der Waals surface area contributed by atoms with Gasteiger partial charge in [-0.05, 0) is 25.0 Å². The lowest BCUT2D eigenvalue weighted by molar-refractivity contribution is -0.120. The molecule has 1 N–H and O–H groups in total. The van der Waals surface area contributed by atoms with Gasteiger partial charge >= 0.3 is 0 Å². The van der Waals surface area contributed by atoms with Crippen LogP contribution in [-0.4, -0.2) is 38.0 Å². The summed E-state index contributed by atoms with van der Waals surface area (Å²) in [5, 5.41) is 2.80. The standard InChI is InChI=1S/C20H26N2O3S/c1-16-4-8-18(9-5-16)14-20(23)21-12-13-22(26(3,24)25)15-19-10-6-17(2)7-11-19/h4-11H,12-15H2,1-3H3,(H,21,23). The number of sulfonamides is 1.